The van der Waals surface area contributed by atoms with Gasteiger partial charge in [-0.2, -0.15) is 0 Å². The number of ketones is 1. The second kappa shape index (κ2) is 4.42. The highest BCUT2D eigenvalue weighted by Crippen LogP contribution is 2.33. The van der Waals surface area contributed by atoms with Crippen molar-refractivity contribution in [3.8, 4) is 5.75 Å². The van der Waals surface area contributed by atoms with E-state index in [1.165, 1.54) is 24.3 Å². The Bertz CT molecular complexity index is 585. The summed E-state index contributed by atoms with van der Waals surface area (Å²) in [5.74, 6) is -7.39. The number of hydrogen-bond donors (Lipinski definition) is 5. The average Bonchev–Trinajstić information content (AvgIpc) is 2.36. The lowest BCUT2D eigenvalue weighted by molar-refractivity contribution is -0.172. The Hall–Kier alpha value is -2.31. The highest BCUT2D eigenvalue weighted by atomic mass is 16.5. The first-order chi connectivity index (χ1) is 8.85. The molecule has 1 unspecified atom stereocenters. The van der Waals surface area contributed by atoms with Gasteiger partial charge in [0.05, 0.1) is 5.56 Å². The van der Waals surface area contributed by atoms with E-state index < -0.39 is 29.0 Å². The smallest absolute Gasteiger partial charge is 0.240 e. The zero-order chi connectivity index (χ0) is 14.2. The normalized spacial score (nSPS) is 21.5. The van der Waals surface area contributed by atoms with Crippen LogP contribution in [0.5, 0.6) is 5.75 Å². The van der Waals surface area contributed by atoms with E-state index >= 15 is 0 Å². The fraction of sp³-hybridized carbons (Fsp3) is 0.154. The highest BCUT2D eigenvalue weighted by Gasteiger charge is 2.46. The third kappa shape index (κ3) is 2.07. The molecule has 5 N–H and O–H groups in total. The van der Waals surface area contributed by atoms with Gasteiger partial charge in [0.1, 0.15) is 11.7 Å². The monoisotopic (exact) mass is 264 g/mol. The van der Waals surface area contributed by atoms with Crippen LogP contribution < -0.4 is 0 Å². The molecule has 1 aliphatic carbocycles. The number of carbonyl (C=O) groups excluding carboxylic acids is 1. The third-order valence-corrected chi connectivity index (χ3v) is 2.92. The topological polar surface area (TPSA) is 118 Å². The fourth-order valence-corrected chi connectivity index (χ4v) is 1.86. The summed E-state index contributed by atoms with van der Waals surface area (Å²) in [4.78, 5) is 12.1. The van der Waals surface area contributed by atoms with Crippen LogP contribution in [0.4, 0.5) is 0 Å². The van der Waals surface area contributed by atoms with Crippen LogP contribution in [0, 0.1) is 5.92 Å². The van der Waals surface area contributed by atoms with E-state index in [1.54, 1.807) is 0 Å². The molecule has 0 bridgehead atoms. The molecule has 6 nitrogen and oxygen atoms in total. The van der Waals surface area contributed by atoms with Crippen molar-refractivity contribution in [2.24, 2.45) is 5.92 Å². The minimum atomic E-state index is -2.92. The lowest BCUT2D eigenvalue weighted by Gasteiger charge is -2.30. The van der Waals surface area contributed by atoms with Gasteiger partial charge in [-0.1, -0.05) is 18.2 Å². The second-order valence-corrected chi connectivity index (χ2v) is 4.18. The second-order valence-electron chi connectivity index (χ2n) is 4.18. The summed E-state index contributed by atoms with van der Waals surface area (Å²) in [6.07, 6.45) is 2.03. The summed E-state index contributed by atoms with van der Waals surface area (Å²) in [7, 11) is 0. The van der Waals surface area contributed by atoms with Gasteiger partial charge in [-0.3, -0.25) is 4.79 Å². The molecule has 6 heteroatoms. The minimum absolute atomic E-state index is 0.112. The van der Waals surface area contributed by atoms with Crippen LogP contribution in [0.3, 0.4) is 0 Å². The molecule has 0 saturated heterocycles. The van der Waals surface area contributed by atoms with E-state index in [-0.39, 0.29) is 11.3 Å². The van der Waals surface area contributed by atoms with Gasteiger partial charge in [0.2, 0.25) is 5.79 Å². The Morgan fingerprint density at radius 1 is 1.11 bits per heavy atom. The lowest BCUT2D eigenvalue weighted by Crippen LogP contribution is -2.45. The molecular formula is C13H12O6. The SMILES string of the molecule is O=C(c1ccccc1O)C1C=CC(O)=C(O)C1(O)O. The van der Waals surface area contributed by atoms with E-state index in [0.717, 1.165) is 12.2 Å². The van der Waals surface area contributed by atoms with Gasteiger partial charge in [-0.15, -0.1) is 0 Å². The van der Waals surface area contributed by atoms with Crippen molar-refractivity contribution in [1.82, 2.24) is 0 Å². The van der Waals surface area contributed by atoms with E-state index in [2.05, 4.69) is 0 Å². The highest BCUT2D eigenvalue weighted by molar-refractivity contribution is 6.02. The predicted octanol–water partition coefficient (Wildman–Crippen LogP) is 0.769. The van der Waals surface area contributed by atoms with Crippen molar-refractivity contribution >= 4 is 5.78 Å². The summed E-state index contributed by atoms with van der Waals surface area (Å²) < 4.78 is 0. The van der Waals surface area contributed by atoms with Crippen molar-refractivity contribution in [2.45, 2.75) is 5.79 Å². The van der Waals surface area contributed by atoms with Gasteiger partial charge in [0.25, 0.3) is 0 Å². The lowest BCUT2D eigenvalue weighted by atomic mass is 9.85. The first-order valence-corrected chi connectivity index (χ1v) is 5.43. The number of carbonyl (C=O) groups is 1. The molecular weight excluding hydrogens is 252 g/mol. The molecule has 0 heterocycles. The van der Waals surface area contributed by atoms with Crippen LogP contribution in [0.1, 0.15) is 10.4 Å². The van der Waals surface area contributed by atoms with Crippen molar-refractivity contribution < 1.29 is 30.3 Å². The van der Waals surface area contributed by atoms with Gasteiger partial charge < -0.3 is 25.5 Å². The van der Waals surface area contributed by atoms with Crippen LogP contribution >= 0.6 is 0 Å². The maximum absolute atomic E-state index is 12.1. The van der Waals surface area contributed by atoms with Crippen molar-refractivity contribution in [3.63, 3.8) is 0 Å². The molecule has 0 amide bonds. The van der Waals surface area contributed by atoms with Crippen molar-refractivity contribution in [3.05, 3.63) is 53.5 Å². The molecule has 100 valence electrons. The molecule has 0 saturated carbocycles. The molecule has 2 rings (SSSR count). The maximum atomic E-state index is 12.1. The number of aromatic hydroxyl groups is 1. The van der Waals surface area contributed by atoms with E-state index in [1.807, 2.05) is 0 Å². The van der Waals surface area contributed by atoms with Gasteiger partial charge >= 0.3 is 0 Å². The van der Waals surface area contributed by atoms with Crippen LogP contribution in [-0.2, 0) is 0 Å². The van der Waals surface area contributed by atoms with Crippen LogP contribution in [0.25, 0.3) is 0 Å². The molecule has 0 fully saturated rings. The number of benzene rings is 1. The Balaban J connectivity index is 2.42. The number of phenolic OH excluding ortho intramolecular Hbond substituents is 1. The van der Waals surface area contributed by atoms with E-state index in [0.29, 0.717) is 0 Å². The quantitative estimate of drug-likeness (QED) is 0.397. The van der Waals surface area contributed by atoms with Crippen molar-refractivity contribution in [1.29, 1.82) is 0 Å². The molecule has 0 spiro atoms. The summed E-state index contributed by atoms with van der Waals surface area (Å²) >= 11 is 0. The molecule has 0 aliphatic heterocycles. The van der Waals surface area contributed by atoms with Gasteiger partial charge in [-0.05, 0) is 18.2 Å². The maximum Gasteiger partial charge on any atom is 0.240 e. The van der Waals surface area contributed by atoms with Crippen molar-refractivity contribution in [2.75, 3.05) is 0 Å². The van der Waals surface area contributed by atoms with Crippen LogP contribution in [0.2, 0.25) is 0 Å². The zero-order valence-corrected chi connectivity index (χ0v) is 9.69. The first-order valence-electron chi connectivity index (χ1n) is 5.43. The summed E-state index contributed by atoms with van der Waals surface area (Å²) in [5, 5.41) is 47.6. The van der Waals surface area contributed by atoms with Gasteiger partial charge in [0, 0.05) is 0 Å². The Morgan fingerprint density at radius 2 is 1.74 bits per heavy atom. The number of rotatable bonds is 2. The summed E-state index contributed by atoms with van der Waals surface area (Å²) in [6.45, 7) is 0. The molecule has 0 radical (unpaired) electrons. The standard InChI is InChI=1S/C13H12O6/c14-9-4-2-1-3-7(9)11(16)8-5-6-10(15)12(17)13(8,18)19/h1-6,8,14-15,17-19H. The minimum Gasteiger partial charge on any atom is -0.507 e. The Kier molecular flexibility index (Phi) is 3.05. The number of hydrogen-bond acceptors (Lipinski definition) is 6. The van der Waals surface area contributed by atoms with Crippen LogP contribution in [0.15, 0.2) is 47.9 Å². The predicted molar refractivity (Wildman–Crippen MR) is 64.5 cm³/mol. The molecule has 1 aromatic carbocycles. The summed E-state index contributed by atoms with van der Waals surface area (Å²) in [5.41, 5.74) is -0.112. The van der Waals surface area contributed by atoms with Crippen LogP contribution in [-0.4, -0.2) is 37.1 Å². The number of phenols is 1. The van der Waals surface area contributed by atoms with E-state index in [9.17, 15) is 30.3 Å². The number of allylic oxidation sites excluding steroid dienone is 1. The van der Waals surface area contributed by atoms with Gasteiger partial charge in [0.15, 0.2) is 17.3 Å². The first kappa shape index (κ1) is 13.1. The third-order valence-electron chi connectivity index (χ3n) is 2.92. The molecule has 1 aliphatic rings. The Labute approximate surface area is 108 Å². The number of Topliss-reactive ketones (excluding diaryl/α,β-unsaturated/α-hetero) is 1. The fourth-order valence-electron chi connectivity index (χ4n) is 1.86. The molecule has 19 heavy (non-hydrogen) atoms. The molecule has 0 aromatic heterocycles. The number of aliphatic hydroxyl groups is 4. The largest absolute Gasteiger partial charge is 0.507 e. The Morgan fingerprint density at radius 3 is 2.37 bits per heavy atom. The number of para-hydroxylation sites is 1. The molecule has 1 atom stereocenters. The van der Waals surface area contributed by atoms with Gasteiger partial charge in [-0.25, -0.2) is 0 Å². The molecule has 1 aromatic rings. The summed E-state index contributed by atoms with van der Waals surface area (Å²) in [6, 6.07) is 5.61. The number of aliphatic hydroxyl groups excluding tert-OH is 2. The zero-order valence-electron chi connectivity index (χ0n) is 9.69. The average molecular weight is 264 g/mol. The van der Waals surface area contributed by atoms with E-state index in [4.69, 9.17) is 0 Å².